The fourth-order valence-corrected chi connectivity index (χ4v) is 1.69. The molecule has 1 aromatic rings. The molecule has 0 spiro atoms. The molecule has 4 nitrogen and oxygen atoms in total. The summed E-state index contributed by atoms with van der Waals surface area (Å²) >= 11 is 0. The fraction of sp³-hybridized carbons (Fsp3) is 0.769. The molecule has 1 rings (SSSR count). The van der Waals surface area contributed by atoms with E-state index in [0.29, 0.717) is 12.1 Å². The van der Waals surface area contributed by atoms with Crippen LogP contribution < -0.4 is 5.32 Å². The van der Waals surface area contributed by atoms with Crippen LogP contribution in [0.2, 0.25) is 0 Å². The maximum absolute atomic E-state index is 4.19. The van der Waals surface area contributed by atoms with Gasteiger partial charge in [0.05, 0.1) is 6.20 Å². The Balaban J connectivity index is 2.19. The Hall–Kier alpha value is -0.870. The summed E-state index contributed by atoms with van der Waals surface area (Å²) in [5.41, 5.74) is 1.25. The van der Waals surface area contributed by atoms with Gasteiger partial charge in [-0.1, -0.05) is 0 Å². The van der Waals surface area contributed by atoms with Crippen molar-refractivity contribution in [3.63, 3.8) is 0 Å². The molecule has 1 aromatic heterocycles. The van der Waals surface area contributed by atoms with Gasteiger partial charge in [-0.15, -0.1) is 0 Å². The maximum atomic E-state index is 4.19. The second-order valence-electron chi connectivity index (χ2n) is 5.05. The molecule has 1 atom stereocenters. The molecule has 0 aliphatic heterocycles. The van der Waals surface area contributed by atoms with Gasteiger partial charge >= 0.3 is 0 Å². The van der Waals surface area contributed by atoms with E-state index < -0.39 is 0 Å². The molecular weight excluding hydrogens is 212 g/mol. The summed E-state index contributed by atoms with van der Waals surface area (Å²) in [6.45, 7) is 8.83. The normalized spacial score (nSPS) is 13.6. The largest absolute Gasteiger partial charge is 0.310 e. The monoisotopic (exact) mass is 238 g/mol. The first kappa shape index (κ1) is 14.2. The van der Waals surface area contributed by atoms with Crippen molar-refractivity contribution in [2.45, 2.75) is 39.3 Å². The molecule has 98 valence electrons. The highest BCUT2D eigenvalue weighted by Gasteiger charge is 2.07. The van der Waals surface area contributed by atoms with Crippen molar-refractivity contribution in [3.05, 3.63) is 18.0 Å². The highest BCUT2D eigenvalue weighted by atomic mass is 15.2. The van der Waals surface area contributed by atoms with Crippen molar-refractivity contribution >= 4 is 0 Å². The lowest BCUT2D eigenvalue weighted by molar-refractivity contribution is 0.268. The molecule has 0 aromatic carbocycles. The van der Waals surface area contributed by atoms with Crippen molar-refractivity contribution in [2.24, 2.45) is 7.05 Å². The van der Waals surface area contributed by atoms with Crippen LogP contribution in [0.1, 0.15) is 38.8 Å². The predicted molar refractivity (Wildman–Crippen MR) is 72.0 cm³/mol. The summed E-state index contributed by atoms with van der Waals surface area (Å²) in [5, 5.41) is 7.71. The zero-order valence-corrected chi connectivity index (χ0v) is 11.8. The molecular formula is C13H26N4. The number of nitrogens with one attached hydrogen (secondary N) is 1. The van der Waals surface area contributed by atoms with Gasteiger partial charge < -0.3 is 10.2 Å². The van der Waals surface area contributed by atoms with E-state index in [1.165, 1.54) is 12.0 Å². The Morgan fingerprint density at radius 1 is 1.41 bits per heavy atom. The molecule has 0 aliphatic carbocycles. The van der Waals surface area contributed by atoms with Gasteiger partial charge in [-0.05, 0) is 47.3 Å². The van der Waals surface area contributed by atoms with Crippen molar-refractivity contribution in [3.8, 4) is 0 Å². The quantitative estimate of drug-likeness (QED) is 0.735. The van der Waals surface area contributed by atoms with Crippen LogP contribution in [-0.2, 0) is 7.05 Å². The highest BCUT2D eigenvalue weighted by Crippen LogP contribution is 2.09. The van der Waals surface area contributed by atoms with Gasteiger partial charge in [-0.25, -0.2) is 0 Å². The van der Waals surface area contributed by atoms with E-state index >= 15 is 0 Å². The topological polar surface area (TPSA) is 33.1 Å². The lowest BCUT2D eigenvalue weighted by Gasteiger charge is -2.21. The van der Waals surface area contributed by atoms with E-state index in [-0.39, 0.29) is 0 Å². The van der Waals surface area contributed by atoms with Crippen LogP contribution in [0.15, 0.2) is 12.4 Å². The standard InChI is InChI=1S/C13H26N4/c1-11(2)16(4)8-6-7-14-12(3)13-9-15-17(5)10-13/h9-12,14H,6-8H2,1-5H3. The minimum Gasteiger partial charge on any atom is -0.310 e. The molecule has 1 N–H and O–H groups in total. The summed E-state index contributed by atoms with van der Waals surface area (Å²) in [4.78, 5) is 2.37. The van der Waals surface area contributed by atoms with Gasteiger partial charge in [0.15, 0.2) is 0 Å². The van der Waals surface area contributed by atoms with E-state index in [1.54, 1.807) is 0 Å². The van der Waals surface area contributed by atoms with Crippen molar-refractivity contribution in [2.75, 3.05) is 20.1 Å². The van der Waals surface area contributed by atoms with Crippen LogP contribution in [-0.4, -0.2) is 40.9 Å². The number of aromatic nitrogens is 2. The minimum atomic E-state index is 0.382. The van der Waals surface area contributed by atoms with E-state index in [0.717, 1.165) is 13.1 Å². The van der Waals surface area contributed by atoms with E-state index in [1.807, 2.05) is 17.9 Å². The molecule has 1 unspecified atom stereocenters. The van der Waals surface area contributed by atoms with Crippen LogP contribution in [0.5, 0.6) is 0 Å². The zero-order valence-electron chi connectivity index (χ0n) is 11.8. The van der Waals surface area contributed by atoms with E-state index in [4.69, 9.17) is 0 Å². The average molecular weight is 238 g/mol. The van der Waals surface area contributed by atoms with Crippen LogP contribution in [0.3, 0.4) is 0 Å². The Labute approximate surface area is 105 Å². The van der Waals surface area contributed by atoms with Crippen LogP contribution >= 0.6 is 0 Å². The molecule has 4 heteroatoms. The van der Waals surface area contributed by atoms with Gasteiger partial charge in [0, 0.05) is 30.9 Å². The third-order valence-corrected chi connectivity index (χ3v) is 3.24. The summed E-state index contributed by atoms with van der Waals surface area (Å²) in [6, 6.07) is 1.01. The number of nitrogens with zero attached hydrogens (tertiary/aromatic N) is 3. The molecule has 1 heterocycles. The molecule has 0 saturated heterocycles. The summed E-state index contributed by atoms with van der Waals surface area (Å²) in [5.74, 6) is 0. The Morgan fingerprint density at radius 2 is 2.12 bits per heavy atom. The molecule has 0 amide bonds. The Morgan fingerprint density at radius 3 is 2.65 bits per heavy atom. The van der Waals surface area contributed by atoms with Crippen LogP contribution in [0.25, 0.3) is 0 Å². The van der Waals surface area contributed by atoms with E-state index in [2.05, 4.69) is 49.3 Å². The van der Waals surface area contributed by atoms with Gasteiger partial charge in [-0.2, -0.15) is 5.10 Å². The first-order valence-corrected chi connectivity index (χ1v) is 6.43. The molecule has 0 aliphatic rings. The first-order valence-electron chi connectivity index (χ1n) is 6.43. The Kier molecular flexibility index (Phi) is 5.65. The summed E-state index contributed by atoms with van der Waals surface area (Å²) in [6.07, 6.45) is 5.18. The lowest BCUT2D eigenvalue weighted by atomic mass is 10.2. The van der Waals surface area contributed by atoms with Gasteiger partial charge in [0.25, 0.3) is 0 Å². The van der Waals surface area contributed by atoms with Gasteiger partial charge in [0.2, 0.25) is 0 Å². The molecule has 0 radical (unpaired) electrons. The second-order valence-corrected chi connectivity index (χ2v) is 5.05. The second kappa shape index (κ2) is 6.77. The number of hydrogen-bond donors (Lipinski definition) is 1. The van der Waals surface area contributed by atoms with Crippen LogP contribution in [0.4, 0.5) is 0 Å². The third kappa shape index (κ3) is 4.88. The van der Waals surface area contributed by atoms with Gasteiger partial charge in [-0.3, -0.25) is 4.68 Å². The average Bonchev–Trinajstić information content (AvgIpc) is 2.70. The van der Waals surface area contributed by atoms with Gasteiger partial charge in [0.1, 0.15) is 0 Å². The number of rotatable bonds is 7. The molecule has 0 bridgehead atoms. The summed E-state index contributed by atoms with van der Waals surface area (Å²) in [7, 11) is 4.13. The fourth-order valence-electron chi connectivity index (χ4n) is 1.69. The third-order valence-electron chi connectivity index (χ3n) is 3.24. The predicted octanol–water partition coefficient (Wildman–Crippen LogP) is 1.80. The SMILES string of the molecule is CC(NCCCN(C)C(C)C)c1cnn(C)c1. The number of hydrogen-bond acceptors (Lipinski definition) is 3. The molecule has 0 saturated carbocycles. The summed E-state index contributed by atoms with van der Waals surface area (Å²) < 4.78 is 1.85. The molecule has 0 fully saturated rings. The van der Waals surface area contributed by atoms with Crippen molar-refractivity contribution in [1.29, 1.82) is 0 Å². The molecule has 17 heavy (non-hydrogen) atoms. The smallest absolute Gasteiger partial charge is 0.0537 e. The van der Waals surface area contributed by atoms with E-state index in [9.17, 15) is 0 Å². The highest BCUT2D eigenvalue weighted by molar-refractivity contribution is 5.08. The lowest BCUT2D eigenvalue weighted by Crippen LogP contribution is -2.30. The van der Waals surface area contributed by atoms with Crippen LogP contribution in [0, 0.1) is 0 Å². The zero-order chi connectivity index (χ0) is 12.8. The number of aryl methyl sites for hydroxylation is 1. The Bertz CT molecular complexity index is 319. The van der Waals surface area contributed by atoms with Crippen molar-refractivity contribution in [1.82, 2.24) is 20.0 Å². The first-order chi connectivity index (χ1) is 8.00. The van der Waals surface area contributed by atoms with Crippen molar-refractivity contribution < 1.29 is 0 Å². The maximum Gasteiger partial charge on any atom is 0.0537 e. The minimum absolute atomic E-state index is 0.382.